The number of amides is 1. The molecule has 0 saturated carbocycles. The monoisotopic (exact) mass is 1070 g/mol. The van der Waals surface area contributed by atoms with Crippen LogP contribution in [0.25, 0.3) is 0 Å². The number of aliphatic hydroxyl groups is 10. The van der Waals surface area contributed by atoms with Gasteiger partial charge in [0.25, 0.3) is 0 Å². The number of unbranched alkanes of at least 4 members (excludes halogenated alkanes) is 1. The van der Waals surface area contributed by atoms with Gasteiger partial charge in [0.05, 0.1) is 86.7 Å². The molecule has 75 heavy (non-hydrogen) atoms. The molecule has 0 aromatic carbocycles. The summed E-state index contributed by atoms with van der Waals surface area (Å²) < 4.78 is 28.8. The van der Waals surface area contributed by atoms with Crippen molar-refractivity contribution in [2.75, 3.05) is 13.7 Å². The number of hydrogen-bond acceptors (Lipinski definition) is 20. The molecule has 0 aromatic heterocycles. The van der Waals surface area contributed by atoms with E-state index in [0.29, 0.717) is 25.8 Å². The molecule has 0 aliphatic carbocycles. The maximum atomic E-state index is 13.3. The highest BCUT2D eigenvalue weighted by molar-refractivity contribution is 5.81. The average Bonchev–Trinajstić information content (AvgIpc) is 3.34. The third-order valence-corrected chi connectivity index (χ3v) is 13.8. The molecule has 21 nitrogen and oxygen atoms in total. The van der Waals surface area contributed by atoms with Gasteiger partial charge in [-0.25, -0.2) is 0 Å². The molecule has 2 bridgehead atoms. The topological polar surface area (TPSA) is 364 Å². The summed E-state index contributed by atoms with van der Waals surface area (Å²) in [4.78, 5) is 39.1. The molecule has 3 aliphatic heterocycles. The van der Waals surface area contributed by atoms with Gasteiger partial charge in [-0.05, 0) is 52.5 Å². The molecule has 15 N–H and O–H groups in total. The Balaban J connectivity index is 1.94. The number of rotatable bonds is 9. The van der Waals surface area contributed by atoms with E-state index in [1.807, 2.05) is 19.1 Å². The van der Waals surface area contributed by atoms with Crippen LogP contribution in [0.15, 0.2) is 85.1 Å². The van der Waals surface area contributed by atoms with Gasteiger partial charge >= 0.3 is 11.9 Å². The third-order valence-electron chi connectivity index (χ3n) is 13.8. The van der Waals surface area contributed by atoms with E-state index in [0.717, 1.165) is 7.11 Å². The van der Waals surface area contributed by atoms with Crippen molar-refractivity contribution >= 4 is 17.8 Å². The number of carbonyl (C=O) groups excluding carboxylic acids is 3. The van der Waals surface area contributed by atoms with E-state index in [-0.39, 0.29) is 31.6 Å². The average molecular weight is 1070 g/mol. The van der Waals surface area contributed by atoms with Crippen LogP contribution in [0.5, 0.6) is 0 Å². The molecule has 0 spiro atoms. The number of cyclic esters (lactones) is 1. The molecule has 3 aliphatic rings. The van der Waals surface area contributed by atoms with E-state index in [9.17, 15) is 65.4 Å². The smallest absolute Gasteiger partial charge is 0.313 e. The number of esters is 2. The molecule has 3 rings (SSSR count). The third kappa shape index (κ3) is 22.5. The van der Waals surface area contributed by atoms with Crippen molar-refractivity contribution in [2.45, 2.75) is 202 Å². The second-order valence-electron chi connectivity index (χ2n) is 20.1. The Morgan fingerprint density at radius 3 is 1.92 bits per heavy atom. The van der Waals surface area contributed by atoms with E-state index in [1.54, 1.807) is 80.7 Å². The van der Waals surface area contributed by atoms with Crippen molar-refractivity contribution in [3.63, 3.8) is 0 Å². The van der Waals surface area contributed by atoms with Gasteiger partial charge in [0.15, 0.2) is 12.1 Å². The zero-order chi connectivity index (χ0) is 55.8. The molecule has 3 heterocycles. The highest BCUT2D eigenvalue weighted by Gasteiger charge is 2.51. The molecular formula is C54H87N3O18. The molecule has 426 valence electrons. The minimum absolute atomic E-state index is 0.116. The number of aliphatic hydroxyl groups excluding tert-OH is 9. The summed E-state index contributed by atoms with van der Waals surface area (Å²) in [6.45, 7) is 7.13. The van der Waals surface area contributed by atoms with Crippen LogP contribution in [-0.2, 0) is 38.1 Å². The van der Waals surface area contributed by atoms with Crippen molar-refractivity contribution in [2.24, 2.45) is 29.2 Å². The summed E-state index contributed by atoms with van der Waals surface area (Å²) in [5.74, 6) is -6.77. The molecule has 0 aromatic rings. The van der Waals surface area contributed by atoms with Crippen LogP contribution in [0.1, 0.15) is 98.3 Å². The number of allylic oxidation sites excluding steroid dienone is 12. The first-order valence-corrected chi connectivity index (χ1v) is 26.1. The lowest BCUT2D eigenvalue weighted by Gasteiger charge is -2.46. The van der Waals surface area contributed by atoms with Crippen LogP contribution in [-0.4, -0.2) is 186 Å². The Hall–Kier alpha value is -4.01. The second kappa shape index (κ2) is 33.3. The Bertz CT molecular complexity index is 1930. The number of carbonyl (C=O) groups is 3. The zero-order valence-electron chi connectivity index (χ0n) is 43.9. The molecule has 0 radical (unpaired) electrons. The second-order valence-corrected chi connectivity index (χ2v) is 20.1. The number of nitrogens with two attached hydrogens (primary N) is 2. The zero-order valence-corrected chi connectivity index (χ0v) is 43.9. The Labute approximate surface area is 440 Å². The fourth-order valence-electron chi connectivity index (χ4n) is 9.14. The van der Waals surface area contributed by atoms with Gasteiger partial charge in [-0.2, -0.15) is 0 Å². The Morgan fingerprint density at radius 2 is 1.32 bits per heavy atom. The van der Waals surface area contributed by atoms with Gasteiger partial charge in [-0.1, -0.05) is 105 Å². The van der Waals surface area contributed by atoms with Crippen molar-refractivity contribution in [3.05, 3.63) is 85.1 Å². The largest absolute Gasteiger partial charge is 0.469 e. The van der Waals surface area contributed by atoms with Crippen molar-refractivity contribution < 1.29 is 89.1 Å². The maximum Gasteiger partial charge on any atom is 0.313 e. The van der Waals surface area contributed by atoms with Crippen LogP contribution in [0.2, 0.25) is 0 Å². The van der Waals surface area contributed by atoms with Gasteiger partial charge in [-0.3, -0.25) is 14.4 Å². The molecule has 20 atom stereocenters. The quantitative estimate of drug-likeness (QED) is 0.110. The highest BCUT2D eigenvalue weighted by Crippen LogP contribution is 2.38. The molecule has 2 saturated heterocycles. The highest BCUT2D eigenvalue weighted by atomic mass is 16.7. The molecule has 0 unspecified atom stereocenters. The molecular weight excluding hydrogens is 979 g/mol. The van der Waals surface area contributed by atoms with Gasteiger partial charge < -0.3 is 91.5 Å². The van der Waals surface area contributed by atoms with Gasteiger partial charge in [0.1, 0.15) is 24.2 Å². The molecule has 1 amide bonds. The lowest BCUT2D eigenvalue weighted by molar-refractivity contribution is -0.309. The first-order valence-electron chi connectivity index (χ1n) is 26.1. The summed E-state index contributed by atoms with van der Waals surface area (Å²) in [6, 6.07) is -2.26. The normalized spacial score (nSPS) is 41.3. The fourth-order valence-corrected chi connectivity index (χ4v) is 9.14. The molecule has 21 heteroatoms. The standard InChI is InChI=1S/C54H87N3O18/c1-32-20-16-14-12-10-8-6-7-9-11-13-15-17-21-39(74-53-50(67)47(49(66)35(4)73-53)57-51(68)40(56)22-18-19-25-55)29-44-46(52(69)71-5)43(63)31-54(70,75-44)30-38(60)27-42(62)41(61)24-23-36(58)26-37(59)28-45(64)72-34(3)33(2)48(32)65/h6-17,20-21,32-44,46-50,53,58-63,65-67,70H,18-19,22-31,55-56H2,1-5H3,(H,57,68)/b7-6+,10-8+,11-9+,14-12+,15-13+,20-16+,21-17+/t32-,33-,34-,35+,36+,37+,38-,39-,40-,41+,42+,43-,44-,46+,47-,48+,49+,50-,53-,54+/m0/s1. The van der Waals surface area contributed by atoms with Crippen molar-refractivity contribution in [3.8, 4) is 0 Å². The number of nitrogens with one attached hydrogen (secondary N) is 1. The maximum absolute atomic E-state index is 13.3. The van der Waals surface area contributed by atoms with E-state index < -0.39 is 159 Å². The van der Waals surface area contributed by atoms with Crippen LogP contribution in [0, 0.1) is 17.8 Å². The number of hydrogen-bond donors (Lipinski definition) is 13. The lowest BCUT2D eigenvalue weighted by Crippen LogP contribution is -2.65. The first kappa shape index (κ1) is 65.3. The summed E-state index contributed by atoms with van der Waals surface area (Å²) in [7, 11) is 1.10. The number of methoxy groups -OCH3 is 1. The summed E-state index contributed by atoms with van der Waals surface area (Å²) in [6.07, 6.45) is 4.40. The minimum Gasteiger partial charge on any atom is -0.469 e. The van der Waals surface area contributed by atoms with Crippen molar-refractivity contribution in [1.82, 2.24) is 5.32 Å². The van der Waals surface area contributed by atoms with Gasteiger partial charge in [-0.15, -0.1) is 0 Å². The van der Waals surface area contributed by atoms with E-state index in [1.165, 1.54) is 13.0 Å². The fraction of sp³-hybridized carbons (Fsp3) is 0.685. The predicted molar refractivity (Wildman–Crippen MR) is 276 cm³/mol. The Morgan fingerprint density at radius 1 is 0.720 bits per heavy atom. The summed E-state index contributed by atoms with van der Waals surface area (Å²) in [5, 5.41) is 113. The summed E-state index contributed by atoms with van der Waals surface area (Å²) in [5.41, 5.74) is 11.7. The van der Waals surface area contributed by atoms with Crippen LogP contribution in [0.4, 0.5) is 0 Å². The number of fused-ring (bicyclic) bond motifs is 2. The minimum atomic E-state index is -2.33. The lowest BCUT2D eigenvalue weighted by atomic mass is 9.82. The SMILES string of the molecule is COC(=O)[C@H]1[C@@H]2C[C@@H](O[C@@H]3O[C@H](C)[C@@H](O)[C@H](NC(=O)[C@@H](N)CCCCN)[C@@H]3O)/C=C/C=C/C=C/C=C/C=C/C=C/C=C/[C@H](C)[C@@H](O)[C@@H](C)[C@H](C)OC(=O)C[C@H](O)C[C@H](O)CC[C@@H](O)[C@H](O)C[C@H](O)C[C@](O)(C[C@@H]1O)O2. The van der Waals surface area contributed by atoms with Crippen molar-refractivity contribution in [1.29, 1.82) is 0 Å². The van der Waals surface area contributed by atoms with Gasteiger partial charge in [0.2, 0.25) is 5.91 Å². The first-order chi connectivity index (χ1) is 35.5. The van der Waals surface area contributed by atoms with E-state index in [2.05, 4.69) is 5.32 Å². The van der Waals surface area contributed by atoms with E-state index >= 15 is 0 Å². The van der Waals surface area contributed by atoms with Crippen LogP contribution in [0.3, 0.4) is 0 Å². The molecule has 2 fully saturated rings. The summed E-state index contributed by atoms with van der Waals surface area (Å²) >= 11 is 0. The van der Waals surface area contributed by atoms with E-state index in [4.69, 9.17) is 35.2 Å². The van der Waals surface area contributed by atoms with Crippen LogP contribution >= 0.6 is 0 Å². The number of ether oxygens (including phenoxy) is 5. The van der Waals surface area contributed by atoms with Crippen LogP contribution < -0.4 is 16.8 Å². The van der Waals surface area contributed by atoms with Gasteiger partial charge in [0, 0.05) is 37.5 Å². The predicted octanol–water partition coefficient (Wildman–Crippen LogP) is 0.414. The Kier molecular flexibility index (Phi) is 29.0.